The van der Waals surface area contributed by atoms with Gasteiger partial charge in [0.05, 0.1) is 33.4 Å². The lowest BCUT2D eigenvalue weighted by molar-refractivity contribution is -0.230. The molecule has 12 nitrogen and oxygen atoms in total. The molecule has 0 N–H and O–H groups in total. The summed E-state index contributed by atoms with van der Waals surface area (Å²) in [5, 5.41) is 0. The van der Waals surface area contributed by atoms with E-state index in [1.807, 2.05) is 82.3 Å². The molecule has 3 fully saturated rings. The van der Waals surface area contributed by atoms with E-state index in [4.69, 9.17) is 52.1 Å². The molecule has 278 valence electrons. The Bertz CT molecular complexity index is 1820. The molecule has 5 aliphatic rings. The van der Waals surface area contributed by atoms with Crippen LogP contribution >= 0.6 is 0 Å². The standard InChI is InChI=1S/C40H46O12/c1-8-15-44-23-11-12-24-26(17-23)32(33(37(41)43-7)31(24)21-9-14-27-29(16-21)46-20-45-27)25-13-10-22(42-6)18-28(25)48-38-36-35(51-40(4,5)52-36)34(49-38)30-19-47-39(2,3)50-30/h9-14,16-18,30-36,38H,8,15,19-20H2,1-7H3/t30-,31-,32+,33-,34-,35+,36+,38+/m1/s1. The molecule has 52 heavy (non-hydrogen) atoms. The Kier molecular flexibility index (Phi) is 9.02. The van der Waals surface area contributed by atoms with E-state index < -0.39 is 54.1 Å². The largest absolute Gasteiger partial charge is 0.497 e. The summed E-state index contributed by atoms with van der Waals surface area (Å²) in [4.78, 5) is 14.1. The molecule has 0 saturated carbocycles. The highest BCUT2D eigenvalue weighted by molar-refractivity contribution is 5.80. The molecule has 3 aromatic carbocycles. The van der Waals surface area contributed by atoms with Crippen LogP contribution in [0.15, 0.2) is 54.6 Å². The molecule has 0 radical (unpaired) electrons. The highest BCUT2D eigenvalue weighted by Gasteiger charge is 2.60. The Morgan fingerprint density at radius 2 is 1.56 bits per heavy atom. The third kappa shape index (κ3) is 6.24. The first-order valence-corrected chi connectivity index (χ1v) is 17.9. The highest BCUT2D eigenvalue weighted by atomic mass is 16.8. The SMILES string of the molecule is CCCOc1ccc2c(c1)[C@H](c1ccc(OC)cc1O[C@H]1O[C@H]([C@H]3COC(C)(C)O3)[C@@H]3OC(C)(C)O[C@H]13)[C@H](C(=O)OC)[C@@H]2c1ccc2c(c1)OCO2. The van der Waals surface area contributed by atoms with E-state index in [1.165, 1.54) is 7.11 Å². The number of rotatable bonds is 10. The third-order valence-electron chi connectivity index (χ3n) is 10.4. The van der Waals surface area contributed by atoms with E-state index in [0.29, 0.717) is 42.0 Å². The molecule has 0 spiro atoms. The molecule has 3 aromatic rings. The van der Waals surface area contributed by atoms with Gasteiger partial charge in [0.15, 0.2) is 29.2 Å². The minimum Gasteiger partial charge on any atom is -0.497 e. The molecule has 0 amide bonds. The summed E-state index contributed by atoms with van der Waals surface area (Å²) in [7, 11) is 3.02. The average molecular weight is 719 g/mol. The Morgan fingerprint density at radius 3 is 2.31 bits per heavy atom. The van der Waals surface area contributed by atoms with Crippen LogP contribution in [0, 0.1) is 5.92 Å². The van der Waals surface area contributed by atoms with Gasteiger partial charge in [0.25, 0.3) is 0 Å². The lowest BCUT2D eigenvalue weighted by Gasteiger charge is -2.29. The van der Waals surface area contributed by atoms with Crippen molar-refractivity contribution < 1.29 is 56.9 Å². The van der Waals surface area contributed by atoms with E-state index in [9.17, 15) is 4.79 Å². The van der Waals surface area contributed by atoms with Crippen molar-refractivity contribution in [3.8, 4) is 28.7 Å². The van der Waals surface area contributed by atoms with Crippen LogP contribution in [0.25, 0.3) is 0 Å². The maximum atomic E-state index is 14.1. The maximum Gasteiger partial charge on any atom is 0.310 e. The fourth-order valence-corrected chi connectivity index (χ4v) is 8.25. The summed E-state index contributed by atoms with van der Waals surface area (Å²) in [6, 6.07) is 17.5. The maximum absolute atomic E-state index is 14.1. The number of ether oxygens (including phenoxy) is 11. The topological polar surface area (TPSA) is 119 Å². The average Bonchev–Trinajstić information content (AvgIpc) is 3.94. The normalized spacial score (nSPS) is 30.5. The summed E-state index contributed by atoms with van der Waals surface area (Å²) in [6.45, 7) is 10.6. The number of hydrogen-bond acceptors (Lipinski definition) is 12. The minimum atomic E-state index is -0.878. The fraction of sp³-hybridized carbons (Fsp3) is 0.525. The second kappa shape index (κ2) is 13.4. The van der Waals surface area contributed by atoms with Gasteiger partial charge in [-0.05, 0) is 81.1 Å². The summed E-state index contributed by atoms with van der Waals surface area (Å²) in [6.07, 6.45) is -1.99. The molecule has 0 unspecified atom stereocenters. The molecule has 12 heteroatoms. The number of carbonyl (C=O) groups excluding carboxylic acids is 1. The number of hydrogen-bond donors (Lipinski definition) is 0. The van der Waals surface area contributed by atoms with E-state index in [-0.39, 0.29) is 18.7 Å². The van der Waals surface area contributed by atoms with Crippen LogP contribution in [-0.2, 0) is 33.2 Å². The fourth-order valence-electron chi connectivity index (χ4n) is 8.25. The van der Waals surface area contributed by atoms with Crippen LogP contribution in [0.2, 0.25) is 0 Å². The second-order valence-corrected chi connectivity index (χ2v) is 14.7. The zero-order valence-corrected chi connectivity index (χ0v) is 30.5. The van der Waals surface area contributed by atoms with Crippen molar-refractivity contribution in [1.82, 2.24) is 0 Å². The first kappa shape index (κ1) is 35.0. The smallest absolute Gasteiger partial charge is 0.310 e. The van der Waals surface area contributed by atoms with Crippen LogP contribution < -0.4 is 23.7 Å². The summed E-state index contributed by atoms with van der Waals surface area (Å²) in [5.41, 5.74) is 3.53. The molecule has 0 bridgehead atoms. The molecule has 0 aromatic heterocycles. The lowest BCUT2D eigenvalue weighted by Crippen LogP contribution is -2.40. The van der Waals surface area contributed by atoms with E-state index in [1.54, 1.807) is 7.11 Å². The van der Waals surface area contributed by atoms with Gasteiger partial charge in [-0.1, -0.05) is 25.1 Å². The van der Waals surface area contributed by atoms with Crippen molar-refractivity contribution in [3.63, 3.8) is 0 Å². The quantitative estimate of drug-likeness (QED) is 0.227. The number of carbonyl (C=O) groups is 1. The minimum absolute atomic E-state index is 0.142. The first-order chi connectivity index (χ1) is 25.0. The Labute approximate surface area is 303 Å². The monoisotopic (exact) mass is 718 g/mol. The number of methoxy groups -OCH3 is 2. The Hall–Kier alpha value is -4.07. The molecule has 3 saturated heterocycles. The van der Waals surface area contributed by atoms with Gasteiger partial charge in [-0.3, -0.25) is 4.79 Å². The van der Waals surface area contributed by atoms with Crippen molar-refractivity contribution in [2.75, 3.05) is 34.2 Å². The van der Waals surface area contributed by atoms with E-state index in [2.05, 4.69) is 6.92 Å². The van der Waals surface area contributed by atoms with Gasteiger partial charge < -0.3 is 52.1 Å². The first-order valence-electron chi connectivity index (χ1n) is 17.9. The van der Waals surface area contributed by atoms with Gasteiger partial charge in [0.1, 0.15) is 35.6 Å². The predicted molar refractivity (Wildman–Crippen MR) is 185 cm³/mol. The Morgan fingerprint density at radius 1 is 0.788 bits per heavy atom. The predicted octanol–water partition coefficient (Wildman–Crippen LogP) is 6.05. The van der Waals surface area contributed by atoms with Crippen molar-refractivity contribution in [3.05, 3.63) is 76.9 Å². The van der Waals surface area contributed by atoms with Gasteiger partial charge in [-0.15, -0.1) is 0 Å². The van der Waals surface area contributed by atoms with Crippen molar-refractivity contribution >= 4 is 5.97 Å². The van der Waals surface area contributed by atoms with Gasteiger partial charge in [-0.25, -0.2) is 0 Å². The molecule has 1 aliphatic carbocycles. The van der Waals surface area contributed by atoms with Gasteiger partial charge >= 0.3 is 5.97 Å². The molecular formula is C40H46O12. The van der Waals surface area contributed by atoms with E-state index >= 15 is 0 Å². The second-order valence-electron chi connectivity index (χ2n) is 14.7. The number of fused-ring (bicyclic) bond motifs is 3. The molecule has 4 aliphatic heterocycles. The van der Waals surface area contributed by atoms with Gasteiger partial charge in [-0.2, -0.15) is 0 Å². The summed E-state index contributed by atoms with van der Waals surface area (Å²) >= 11 is 0. The van der Waals surface area contributed by atoms with Gasteiger partial charge in [0, 0.05) is 23.5 Å². The highest BCUT2D eigenvalue weighted by Crippen LogP contribution is 2.57. The van der Waals surface area contributed by atoms with Crippen LogP contribution in [0.3, 0.4) is 0 Å². The third-order valence-corrected chi connectivity index (χ3v) is 10.4. The molecule has 8 atom stereocenters. The molecule has 4 heterocycles. The van der Waals surface area contributed by atoms with Crippen LogP contribution in [-0.4, -0.2) is 82.5 Å². The lowest BCUT2D eigenvalue weighted by atomic mass is 9.79. The zero-order chi connectivity index (χ0) is 36.4. The van der Waals surface area contributed by atoms with Crippen LogP contribution in [0.1, 0.15) is 75.1 Å². The summed E-state index contributed by atoms with van der Waals surface area (Å²) < 4.78 is 67.1. The van der Waals surface area contributed by atoms with Crippen LogP contribution in [0.5, 0.6) is 28.7 Å². The van der Waals surface area contributed by atoms with Crippen LogP contribution in [0.4, 0.5) is 0 Å². The van der Waals surface area contributed by atoms with E-state index in [0.717, 1.165) is 28.7 Å². The zero-order valence-electron chi connectivity index (χ0n) is 30.5. The van der Waals surface area contributed by atoms with Crippen molar-refractivity contribution in [2.24, 2.45) is 5.92 Å². The van der Waals surface area contributed by atoms with Gasteiger partial charge in [0.2, 0.25) is 13.1 Å². The molecular weight excluding hydrogens is 672 g/mol. The number of esters is 1. The molecule has 8 rings (SSSR count). The summed E-state index contributed by atoms with van der Waals surface area (Å²) in [5.74, 6) is -0.537. The van der Waals surface area contributed by atoms with Crippen molar-refractivity contribution in [1.29, 1.82) is 0 Å². The number of benzene rings is 3. The van der Waals surface area contributed by atoms with Crippen molar-refractivity contribution in [2.45, 2.75) is 95.2 Å². The Balaban J connectivity index is 1.22.